The van der Waals surface area contributed by atoms with Crippen molar-refractivity contribution in [1.29, 1.82) is 0 Å². The van der Waals surface area contributed by atoms with Gasteiger partial charge in [-0.3, -0.25) is 4.98 Å². The summed E-state index contributed by atoms with van der Waals surface area (Å²) in [7, 11) is 0. The van der Waals surface area contributed by atoms with E-state index in [2.05, 4.69) is 18.0 Å². The van der Waals surface area contributed by atoms with E-state index in [0.717, 1.165) is 11.1 Å². The average Bonchev–Trinajstić information content (AvgIpc) is 2.20. The van der Waals surface area contributed by atoms with Gasteiger partial charge in [0, 0.05) is 18.0 Å². The number of aryl methyl sites for hydroxylation is 1. The molecule has 1 nitrogen and oxygen atoms in total. The summed E-state index contributed by atoms with van der Waals surface area (Å²) in [6.45, 7) is 2.08. The molecule has 0 saturated carbocycles. The minimum atomic E-state index is 1.10. The summed E-state index contributed by atoms with van der Waals surface area (Å²) in [5.41, 5.74) is 3.49. The van der Waals surface area contributed by atoms with Crippen LogP contribution in [-0.4, -0.2) is 4.98 Å². The van der Waals surface area contributed by atoms with Gasteiger partial charge in [-0.15, -0.1) is 0 Å². The van der Waals surface area contributed by atoms with E-state index in [1.165, 1.54) is 5.56 Å². The maximum atomic E-state index is 4.10. The lowest BCUT2D eigenvalue weighted by molar-refractivity contribution is 1.29. The summed E-state index contributed by atoms with van der Waals surface area (Å²) in [4.78, 5) is 4.10. The molecule has 0 aliphatic heterocycles. The summed E-state index contributed by atoms with van der Waals surface area (Å²) in [5, 5.41) is 0. The lowest BCUT2D eigenvalue weighted by Gasteiger charge is -2.02. The molecule has 0 amide bonds. The molecule has 0 unspecified atom stereocenters. The monoisotopic (exact) mass is 168 g/mol. The first kappa shape index (κ1) is 7.99. The Balaban J connectivity index is 2.54. The van der Waals surface area contributed by atoms with Crippen LogP contribution in [0.5, 0.6) is 0 Å². The van der Waals surface area contributed by atoms with E-state index in [1.54, 1.807) is 0 Å². The van der Waals surface area contributed by atoms with Crippen molar-refractivity contribution in [3.05, 3.63) is 54.4 Å². The number of benzene rings is 1. The molecule has 1 radical (unpaired) electrons. The van der Waals surface area contributed by atoms with Crippen LogP contribution in [0.1, 0.15) is 5.56 Å². The molecule has 0 N–H and O–H groups in total. The van der Waals surface area contributed by atoms with Crippen LogP contribution in [0.3, 0.4) is 0 Å². The highest BCUT2D eigenvalue weighted by molar-refractivity contribution is 5.65. The predicted octanol–water partition coefficient (Wildman–Crippen LogP) is 2.86. The van der Waals surface area contributed by atoms with E-state index < -0.39 is 0 Å². The van der Waals surface area contributed by atoms with Gasteiger partial charge in [0.25, 0.3) is 0 Å². The molecule has 1 aromatic carbocycles. The Labute approximate surface area is 78.1 Å². The van der Waals surface area contributed by atoms with Crippen molar-refractivity contribution in [3.8, 4) is 11.1 Å². The molecule has 0 saturated heterocycles. The first-order valence-corrected chi connectivity index (χ1v) is 4.25. The van der Waals surface area contributed by atoms with E-state index in [0.29, 0.717) is 0 Å². The summed E-state index contributed by atoms with van der Waals surface area (Å²) < 4.78 is 0. The molecule has 63 valence electrons. The molecule has 0 aliphatic rings. The maximum absolute atomic E-state index is 4.10. The minimum absolute atomic E-state index is 1.10. The van der Waals surface area contributed by atoms with Gasteiger partial charge in [0.1, 0.15) is 0 Å². The average molecular weight is 168 g/mol. The molecule has 2 aromatic rings. The second-order valence-electron chi connectivity index (χ2n) is 2.97. The molecule has 2 rings (SSSR count). The maximum Gasteiger partial charge on any atom is 0.0349 e. The molecular formula is C12H10N. The molecule has 0 aliphatic carbocycles. The Hall–Kier alpha value is -1.63. The summed E-state index contributed by atoms with van der Waals surface area (Å²) in [6.07, 6.45) is 3.68. The zero-order valence-electron chi connectivity index (χ0n) is 7.49. The van der Waals surface area contributed by atoms with Crippen LogP contribution >= 0.6 is 0 Å². The Morgan fingerprint density at radius 3 is 2.85 bits per heavy atom. The molecular weight excluding hydrogens is 158 g/mol. The van der Waals surface area contributed by atoms with Crippen molar-refractivity contribution in [2.24, 2.45) is 0 Å². The van der Waals surface area contributed by atoms with Gasteiger partial charge in [0.2, 0.25) is 0 Å². The molecule has 1 heteroatoms. The predicted molar refractivity (Wildman–Crippen MR) is 53.2 cm³/mol. The zero-order valence-corrected chi connectivity index (χ0v) is 7.49. The van der Waals surface area contributed by atoms with Crippen molar-refractivity contribution >= 4 is 0 Å². The first-order chi connectivity index (χ1) is 6.38. The molecule has 1 aromatic heterocycles. The third-order valence-electron chi connectivity index (χ3n) is 2.04. The summed E-state index contributed by atoms with van der Waals surface area (Å²) in [5.74, 6) is 0. The van der Waals surface area contributed by atoms with Gasteiger partial charge in [0.05, 0.1) is 0 Å². The van der Waals surface area contributed by atoms with Crippen LogP contribution in [0.4, 0.5) is 0 Å². The number of nitrogens with zero attached hydrogens (tertiary/aromatic N) is 1. The molecule has 0 bridgehead atoms. The standard InChI is InChI=1S/C12H10N/c1-10-7-8-13-9-12(10)11-5-3-2-4-6-11/h2-5,7-9H,1H3. The number of aromatic nitrogens is 1. The van der Waals surface area contributed by atoms with Crippen molar-refractivity contribution in [3.63, 3.8) is 0 Å². The third-order valence-corrected chi connectivity index (χ3v) is 2.04. The van der Waals surface area contributed by atoms with Gasteiger partial charge in [-0.2, -0.15) is 0 Å². The highest BCUT2D eigenvalue weighted by Gasteiger charge is 1.99. The van der Waals surface area contributed by atoms with E-state index in [9.17, 15) is 0 Å². The van der Waals surface area contributed by atoms with Crippen molar-refractivity contribution in [2.45, 2.75) is 6.92 Å². The van der Waals surface area contributed by atoms with Crippen LogP contribution in [-0.2, 0) is 0 Å². The fraction of sp³-hybridized carbons (Fsp3) is 0.0833. The lowest BCUT2D eigenvalue weighted by Crippen LogP contribution is -1.83. The van der Waals surface area contributed by atoms with E-state index in [4.69, 9.17) is 0 Å². The topological polar surface area (TPSA) is 12.9 Å². The molecule has 0 atom stereocenters. The van der Waals surface area contributed by atoms with Gasteiger partial charge >= 0.3 is 0 Å². The van der Waals surface area contributed by atoms with Gasteiger partial charge in [-0.25, -0.2) is 0 Å². The van der Waals surface area contributed by atoms with E-state index >= 15 is 0 Å². The zero-order chi connectivity index (χ0) is 9.10. The molecule has 0 spiro atoms. The van der Waals surface area contributed by atoms with Crippen molar-refractivity contribution in [1.82, 2.24) is 4.98 Å². The lowest BCUT2D eigenvalue weighted by atomic mass is 10.0. The minimum Gasteiger partial charge on any atom is -0.264 e. The Morgan fingerprint density at radius 1 is 1.23 bits per heavy atom. The van der Waals surface area contributed by atoms with Gasteiger partial charge < -0.3 is 0 Å². The van der Waals surface area contributed by atoms with Gasteiger partial charge in [-0.1, -0.05) is 24.3 Å². The quantitative estimate of drug-likeness (QED) is 0.638. The van der Waals surface area contributed by atoms with Crippen LogP contribution in [0.15, 0.2) is 42.7 Å². The fourth-order valence-corrected chi connectivity index (χ4v) is 1.31. The Kier molecular flexibility index (Phi) is 2.09. The van der Waals surface area contributed by atoms with Crippen LogP contribution < -0.4 is 0 Å². The van der Waals surface area contributed by atoms with Crippen molar-refractivity contribution in [2.75, 3.05) is 0 Å². The normalized spacial score (nSPS) is 9.92. The molecule has 13 heavy (non-hydrogen) atoms. The van der Waals surface area contributed by atoms with E-state index in [-0.39, 0.29) is 0 Å². The van der Waals surface area contributed by atoms with Crippen LogP contribution in [0.25, 0.3) is 11.1 Å². The number of hydrogen-bond donors (Lipinski definition) is 0. The van der Waals surface area contributed by atoms with Crippen LogP contribution in [0.2, 0.25) is 0 Å². The smallest absolute Gasteiger partial charge is 0.0349 e. The second kappa shape index (κ2) is 3.40. The number of rotatable bonds is 1. The first-order valence-electron chi connectivity index (χ1n) is 4.25. The number of hydrogen-bond acceptors (Lipinski definition) is 1. The number of pyridine rings is 1. The van der Waals surface area contributed by atoms with Crippen LogP contribution in [0, 0.1) is 13.0 Å². The Morgan fingerprint density at radius 2 is 2.15 bits per heavy atom. The molecule has 0 fully saturated rings. The Bertz CT molecular complexity index is 393. The largest absolute Gasteiger partial charge is 0.264 e. The second-order valence-corrected chi connectivity index (χ2v) is 2.97. The van der Waals surface area contributed by atoms with Gasteiger partial charge in [0.15, 0.2) is 0 Å². The highest BCUT2D eigenvalue weighted by Crippen LogP contribution is 2.20. The fourth-order valence-electron chi connectivity index (χ4n) is 1.31. The summed E-state index contributed by atoms with van der Waals surface area (Å²) >= 11 is 0. The van der Waals surface area contributed by atoms with Gasteiger partial charge in [-0.05, 0) is 30.2 Å². The summed E-state index contributed by atoms with van der Waals surface area (Å²) in [6, 6.07) is 13.1. The van der Waals surface area contributed by atoms with Crippen molar-refractivity contribution < 1.29 is 0 Å². The third kappa shape index (κ3) is 1.59. The SMILES string of the molecule is Cc1ccncc1-c1[c]cccc1. The molecule has 1 heterocycles. The highest BCUT2D eigenvalue weighted by atomic mass is 14.6. The van der Waals surface area contributed by atoms with E-state index in [1.807, 2.05) is 42.7 Å².